The molecule has 6 rings (SSSR count). The molecule has 0 radical (unpaired) electrons. The molecule has 0 spiro atoms. The van der Waals surface area contributed by atoms with E-state index < -0.39 is 36.1 Å². The third-order valence-electron chi connectivity index (χ3n) is 7.91. The van der Waals surface area contributed by atoms with Crippen molar-refractivity contribution in [2.75, 3.05) is 13.6 Å². The molecule has 1 fully saturated rings. The summed E-state index contributed by atoms with van der Waals surface area (Å²) in [4.78, 5) is 26.5. The fraction of sp³-hybridized carbons (Fsp3) is 0.379. The minimum absolute atomic E-state index is 0.0528. The van der Waals surface area contributed by atoms with Crippen LogP contribution in [-0.2, 0) is 12.0 Å². The molecule has 0 bridgehead atoms. The molecule has 2 aromatic heterocycles. The Labute approximate surface area is 232 Å². The summed E-state index contributed by atoms with van der Waals surface area (Å²) in [5, 5.41) is 12.5. The van der Waals surface area contributed by atoms with Crippen LogP contribution in [0.3, 0.4) is 0 Å². The van der Waals surface area contributed by atoms with Crippen LogP contribution in [0.2, 0.25) is 0 Å². The van der Waals surface area contributed by atoms with Crippen LogP contribution in [0.4, 0.5) is 8.78 Å². The Morgan fingerprint density at radius 1 is 1.27 bits per heavy atom. The molecule has 4 aromatic rings. The summed E-state index contributed by atoms with van der Waals surface area (Å²) >= 11 is 0. The number of imidazole rings is 1. The lowest BCUT2D eigenvalue weighted by Gasteiger charge is -2.50. The molecule has 1 atom stereocenters. The van der Waals surface area contributed by atoms with Gasteiger partial charge >= 0.3 is 6.61 Å². The Morgan fingerprint density at radius 3 is 2.70 bits per heavy atom. The number of hydrogen-bond donors (Lipinski definition) is 3. The lowest BCUT2D eigenvalue weighted by molar-refractivity contribution is -0.0507. The van der Waals surface area contributed by atoms with Crippen molar-refractivity contribution in [2.45, 2.75) is 50.8 Å². The number of alkyl halides is 2. The van der Waals surface area contributed by atoms with Gasteiger partial charge in [-0.1, -0.05) is 19.1 Å². The minimum Gasteiger partial charge on any atom is -0.434 e. The van der Waals surface area contributed by atoms with Crippen LogP contribution in [0.1, 0.15) is 62.5 Å². The van der Waals surface area contributed by atoms with Gasteiger partial charge in [0, 0.05) is 49.1 Å². The summed E-state index contributed by atoms with van der Waals surface area (Å²) < 4.78 is 48.9. The van der Waals surface area contributed by atoms with E-state index >= 15 is 0 Å². The van der Waals surface area contributed by atoms with Crippen LogP contribution < -0.4 is 15.8 Å². The van der Waals surface area contributed by atoms with Crippen molar-refractivity contribution in [3.05, 3.63) is 71.6 Å². The number of hydrogen-bond acceptors (Lipinski definition) is 7. The molecule has 40 heavy (non-hydrogen) atoms. The molecule has 1 amide bonds. The fourth-order valence-corrected chi connectivity index (χ4v) is 6.25. The molecule has 2 aromatic carbocycles. The molecule has 9 nitrogen and oxygen atoms in total. The number of carbonyl (C=O) groups is 1. The summed E-state index contributed by atoms with van der Waals surface area (Å²) in [5.41, 5.74) is 8.16. The quantitative estimate of drug-likeness (QED) is 0.318. The number of aryl methyl sites for hydroxylation is 1. The number of amides is 1. The van der Waals surface area contributed by atoms with Gasteiger partial charge in [0.1, 0.15) is 17.4 Å². The van der Waals surface area contributed by atoms with Gasteiger partial charge in [-0.05, 0) is 54.5 Å². The van der Waals surface area contributed by atoms with Crippen molar-refractivity contribution in [3.8, 4) is 16.9 Å². The number of ether oxygens (including phenoxy) is 1. The van der Waals surface area contributed by atoms with Crippen LogP contribution in [-0.4, -0.2) is 50.8 Å². The number of rotatable bonds is 7. The molecule has 208 valence electrons. The third kappa shape index (κ3) is 4.29. The van der Waals surface area contributed by atoms with E-state index in [4.69, 9.17) is 18.2 Å². The smallest absolute Gasteiger partial charge is 0.387 e. The van der Waals surface area contributed by atoms with E-state index in [2.05, 4.69) is 15.3 Å². The van der Waals surface area contributed by atoms with Gasteiger partial charge in [-0.2, -0.15) is 8.78 Å². The number of nitrogens with zero attached hydrogens (tertiary/aromatic N) is 4. The number of aromatic nitrogens is 4. The topological polar surface area (TPSA) is 128 Å². The van der Waals surface area contributed by atoms with Crippen molar-refractivity contribution >= 4 is 16.9 Å². The fourth-order valence-electron chi connectivity index (χ4n) is 6.25. The zero-order valence-electron chi connectivity index (χ0n) is 24.0. The second-order valence-electron chi connectivity index (χ2n) is 10.8. The van der Waals surface area contributed by atoms with Gasteiger partial charge in [0.25, 0.3) is 5.91 Å². The average molecular weight is 551 g/mol. The number of carbonyl (C=O) groups excluding carboxylic acids is 1. The van der Waals surface area contributed by atoms with Crippen molar-refractivity contribution in [2.24, 2.45) is 11.1 Å². The van der Waals surface area contributed by atoms with Gasteiger partial charge in [0.15, 0.2) is 0 Å². The minimum atomic E-state index is -3.05. The molecular formula is C29H30F2N6O3. The number of aliphatic hydroxyl groups is 1. The Morgan fingerprint density at radius 2 is 2.02 bits per heavy atom. The SMILES string of the molecule is [2H]C([2H])(O)C1(C)CC(N)(c2ncc(-c3ccc4nc5n(c4c3)[C@@H](c3c(OC(F)F)cccc3C(=O)NC)CC5)cn2)C1. The lowest BCUT2D eigenvalue weighted by Crippen LogP contribution is -2.56. The zero-order valence-corrected chi connectivity index (χ0v) is 22.0. The molecule has 1 saturated carbocycles. The normalized spacial score (nSPS) is 24.8. The number of nitrogens with one attached hydrogen (secondary N) is 1. The summed E-state index contributed by atoms with van der Waals surface area (Å²) in [7, 11) is 1.49. The van der Waals surface area contributed by atoms with Gasteiger partial charge in [-0.25, -0.2) is 15.0 Å². The second-order valence-corrected chi connectivity index (χ2v) is 10.8. The number of nitrogens with two attached hydrogens (primary N) is 1. The maximum Gasteiger partial charge on any atom is 0.387 e. The number of benzene rings is 2. The van der Waals surface area contributed by atoms with E-state index in [0.29, 0.717) is 29.8 Å². The molecule has 3 heterocycles. The first-order chi connectivity index (χ1) is 19.8. The highest BCUT2D eigenvalue weighted by molar-refractivity contribution is 5.96. The highest BCUT2D eigenvalue weighted by Gasteiger charge is 2.51. The van der Waals surface area contributed by atoms with E-state index in [0.717, 1.165) is 22.4 Å². The summed E-state index contributed by atoms with van der Waals surface area (Å²) in [6, 6.07) is 9.78. The maximum atomic E-state index is 13.4. The zero-order chi connectivity index (χ0) is 30.0. The van der Waals surface area contributed by atoms with Gasteiger partial charge in [-0.3, -0.25) is 4.79 Å². The average Bonchev–Trinajstić information content (AvgIpc) is 3.50. The molecule has 0 unspecified atom stereocenters. The second kappa shape index (κ2) is 9.60. The summed E-state index contributed by atoms with van der Waals surface area (Å²) in [6.07, 6.45) is 4.84. The first-order valence-electron chi connectivity index (χ1n) is 14.0. The predicted octanol–water partition coefficient (Wildman–Crippen LogP) is 3.94. The Hall–Kier alpha value is -3.96. The lowest BCUT2D eigenvalue weighted by atomic mass is 9.58. The van der Waals surface area contributed by atoms with E-state index in [9.17, 15) is 18.7 Å². The largest absolute Gasteiger partial charge is 0.434 e. The van der Waals surface area contributed by atoms with E-state index in [1.165, 1.54) is 19.2 Å². The third-order valence-corrected chi connectivity index (χ3v) is 7.91. The summed E-state index contributed by atoms with van der Waals surface area (Å²) in [5.74, 6) is 0.690. The van der Waals surface area contributed by atoms with Crippen molar-refractivity contribution < 1.29 is 26.2 Å². The maximum absolute atomic E-state index is 13.4. The monoisotopic (exact) mass is 550 g/mol. The van der Waals surface area contributed by atoms with E-state index in [1.54, 1.807) is 25.4 Å². The number of fused-ring (bicyclic) bond motifs is 3. The molecule has 1 aliphatic carbocycles. The van der Waals surface area contributed by atoms with Crippen LogP contribution in [0.25, 0.3) is 22.2 Å². The molecule has 0 saturated heterocycles. The van der Waals surface area contributed by atoms with Crippen LogP contribution in [0.5, 0.6) is 5.75 Å². The van der Waals surface area contributed by atoms with Crippen molar-refractivity contribution in [1.29, 1.82) is 0 Å². The van der Waals surface area contributed by atoms with Crippen molar-refractivity contribution in [1.82, 2.24) is 24.8 Å². The van der Waals surface area contributed by atoms with Crippen molar-refractivity contribution in [3.63, 3.8) is 0 Å². The first-order valence-corrected chi connectivity index (χ1v) is 13.0. The Kier molecular flexibility index (Phi) is 5.73. The van der Waals surface area contributed by atoms with Gasteiger partial charge < -0.3 is 25.5 Å². The van der Waals surface area contributed by atoms with Crippen LogP contribution in [0, 0.1) is 5.41 Å². The van der Waals surface area contributed by atoms with Crippen LogP contribution >= 0.6 is 0 Å². The molecule has 4 N–H and O–H groups in total. The molecular weight excluding hydrogens is 518 g/mol. The van der Waals surface area contributed by atoms with Gasteiger partial charge in [0.2, 0.25) is 0 Å². The Bertz CT molecular complexity index is 1680. The highest BCUT2D eigenvalue weighted by atomic mass is 19.3. The first kappa shape index (κ1) is 23.9. The molecule has 1 aliphatic heterocycles. The molecule has 2 aliphatic rings. The highest BCUT2D eigenvalue weighted by Crippen LogP contribution is 2.51. The van der Waals surface area contributed by atoms with E-state index in [-0.39, 0.29) is 24.2 Å². The predicted molar refractivity (Wildman–Crippen MR) is 144 cm³/mol. The van der Waals surface area contributed by atoms with E-state index in [1.807, 2.05) is 22.8 Å². The van der Waals surface area contributed by atoms with Gasteiger partial charge in [0.05, 0.1) is 25.4 Å². The van der Waals surface area contributed by atoms with Gasteiger partial charge in [-0.15, -0.1) is 0 Å². The number of halogens is 2. The summed E-state index contributed by atoms with van der Waals surface area (Å²) in [6.45, 7) is -3.76. The van der Waals surface area contributed by atoms with Crippen LogP contribution in [0.15, 0.2) is 48.8 Å². The molecule has 11 heteroatoms. The standard InChI is InChI=1S/C29H30F2N6O3/c1-28(15-38)13-29(32,14-28)26-34-11-17(12-35-26)16-6-7-19-21(10-16)37-20(8-9-23(37)36-19)24-18(25(39)33-2)4-3-5-22(24)40-27(30)31/h3-7,10-12,20,27,38H,8-9,13-15,32H2,1-2H3,(H,33,39)/t20-,28?,29?/m1/s1/i15D2. The Balaban J connectivity index is 1.36.